The molecule has 0 aromatic heterocycles. The van der Waals surface area contributed by atoms with Crippen LogP contribution in [-0.4, -0.2) is 49.8 Å². The van der Waals surface area contributed by atoms with Gasteiger partial charge in [0.1, 0.15) is 0 Å². The van der Waals surface area contributed by atoms with Gasteiger partial charge in [-0.3, -0.25) is 10.2 Å². The second kappa shape index (κ2) is 8.99. The summed E-state index contributed by atoms with van der Waals surface area (Å²) < 4.78 is 28.2. The Labute approximate surface area is 169 Å². The Hall–Kier alpha value is -0.710. The molecule has 2 heterocycles. The van der Waals surface area contributed by atoms with Crippen LogP contribution in [0.15, 0.2) is 29.2 Å². The fraction of sp³-hybridized carbons (Fsp3) is 0.611. The van der Waals surface area contributed by atoms with Crippen LogP contribution in [0, 0.1) is 9.49 Å². The number of nitrogens with one attached hydrogen (secondary N) is 1. The molecule has 2 aliphatic heterocycles. The summed E-state index contributed by atoms with van der Waals surface area (Å²) in [6.45, 7) is 2.75. The molecule has 1 aromatic rings. The van der Waals surface area contributed by atoms with Crippen molar-refractivity contribution < 1.29 is 13.2 Å². The maximum atomic E-state index is 13.0. The number of hydrogen-bond acceptors (Lipinski definition) is 4. The van der Waals surface area contributed by atoms with E-state index in [2.05, 4.69) is 28.0 Å². The van der Waals surface area contributed by atoms with Crippen LogP contribution in [0.4, 0.5) is 0 Å². The van der Waals surface area contributed by atoms with Crippen molar-refractivity contribution in [2.45, 2.75) is 43.4 Å². The van der Waals surface area contributed by atoms with Crippen molar-refractivity contribution in [3.63, 3.8) is 0 Å². The SMILES string of the molecule is O=C(CC1CCCN(S(=O)(=O)c2ccccc2I)C1)NN1CCCCC1. The zero-order chi connectivity index (χ0) is 18.6. The van der Waals surface area contributed by atoms with Crippen LogP contribution in [0.2, 0.25) is 0 Å². The molecule has 2 fully saturated rings. The maximum absolute atomic E-state index is 13.0. The molecular weight excluding hydrogens is 465 g/mol. The molecule has 1 atom stereocenters. The number of piperidine rings is 2. The van der Waals surface area contributed by atoms with Gasteiger partial charge in [-0.1, -0.05) is 18.6 Å². The van der Waals surface area contributed by atoms with E-state index in [9.17, 15) is 13.2 Å². The Balaban J connectivity index is 1.60. The number of amides is 1. The predicted octanol–water partition coefficient (Wildman–Crippen LogP) is 2.60. The number of sulfonamides is 1. The first-order valence-corrected chi connectivity index (χ1v) is 11.8. The molecule has 3 rings (SSSR count). The Morgan fingerprint density at radius 3 is 2.58 bits per heavy atom. The van der Waals surface area contributed by atoms with Gasteiger partial charge in [0.15, 0.2) is 0 Å². The lowest BCUT2D eigenvalue weighted by Gasteiger charge is -2.33. The predicted molar refractivity (Wildman–Crippen MR) is 109 cm³/mol. The van der Waals surface area contributed by atoms with Gasteiger partial charge in [0.2, 0.25) is 15.9 Å². The third kappa shape index (κ3) is 4.96. The minimum Gasteiger partial charge on any atom is -0.289 e. The Morgan fingerprint density at radius 1 is 1.12 bits per heavy atom. The summed E-state index contributed by atoms with van der Waals surface area (Å²) in [5.41, 5.74) is 2.99. The highest BCUT2D eigenvalue weighted by Crippen LogP contribution is 2.27. The van der Waals surface area contributed by atoms with Crippen molar-refractivity contribution in [1.82, 2.24) is 14.7 Å². The molecule has 0 radical (unpaired) electrons. The molecule has 0 spiro atoms. The third-order valence-corrected chi connectivity index (χ3v) is 8.28. The van der Waals surface area contributed by atoms with Gasteiger partial charge >= 0.3 is 0 Å². The summed E-state index contributed by atoms with van der Waals surface area (Å²) in [6.07, 6.45) is 5.53. The number of hydrogen-bond donors (Lipinski definition) is 1. The topological polar surface area (TPSA) is 69.7 Å². The van der Waals surface area contributed by atoms with E-state index < -0.39 is 10.0 Å². The normalized spacial score (nSPS) is 22.9. The van der Waals surface area contributed by atoms with Crippen molar-refractivity contribution in [1.29, 1.82) is 0 Å². The van der Waals surface area contributed by atoms with Crippen LogP contribution in [0.1, 0.15) is 38.5 Å². The molecule has 1 unspecified atom stereocenters. The van der Waals surface area contributed by atoms with E-state index in [0.29, 0.717) is 24.4 Å². The smallest absolute Gasteiger partial charge is 0.244 e. The minimum absolute atomic E-state index is 0.00504. The monoisotopic (exact) mass is 491 g/mol. The fourth-order valence-electron chi connectivity index (χ4n) is 3.69. The first-order valence-electron chi connectivity index (χ1n) is 9.26. The summed E-state index contributed by atoms with van der Waals surface area (Å²) in [6, 6.07) is 7.05. The second-order valence-corrected chi connectivity index (χ2v) is 10.2. The van der Waals surface area contributed by atoms with Crippen LogP contribution in [0.25, 0.3) is 0 Å². The number of nitrogens with zero attached hydrogens (tertiary/aromatic N) is 2. The molecule has 2 aliphatic rings. The fourth-order valence-corrected chi connectivity index (χ4v) is 6.54. The van der Waals surface area contributed by atoms with Crippen molar-refractivity contribution in [2.75, 3.05) is 26.2 Å². The first-order chi connectivity index (χ1) is 12.5. The van der Waals surface area contributed by atoms with E-state index >= 15 is 0 Å². The van der Waals surface area contributed by atoms with Gasteiger partial charge in [-0.15, -0.1) is 0 Å². The molecule has 0 saturated carbocycles. The Morgan fingerprint density at radius 2 is 1.85 bits per heavy atom. The average Bonchev–Trinajstić information content (AvgIpc) is 2.63. The van der Waals surface area contributed by atoms with Gasteiger partial charge in [-0.25, -0.2) is 13.4 Å². The van der Waals surface area contributed by atoms with Crippen molar-refractivity contribution in [3.05, 3.63) is 27.8 Å². The van der Waals surface area contributed by atoms with E-state index in [0.717, 1.165) is 42.3 Å². The van der Waals surface area contributed by atoms with E-state index in [1.165, 1.54) is 6.42 Å². The van der Waals surface area contributed by atoms with Crippen LogP contribution >= 0.6 is 22.6 Å². The van der Waals surface area contributed by atoms with Crippen LogP contribution in [-0.2, 0) is 14.8 Å². The van der Waals surface area contributed by atoms with Gasteiger partial charge in [-0.2, -0.15) is 4.31 Å². The first kappa shape index (κ1) is 20.0. The number of benzene rings is 1. The molecule has 0 aliphatic carbocycles. The Bertz CT molecular complexity index is 735. The highest BCUT2D eigenvalue weighted by Gasteiger charge is 2.32. The molecule has 26 heavy (non-hydrogen) atoms. The molecule has 6 nitrogen and oxygen atoms in total. The average molecular weight is 491 g/mol. The quantitative estimate of drug-likeness (QED) is 0.644. The molecule has 2 saturated heterocycles. The summed E-state index contributed by atoms with van der Waals surface area (Å²) in [7, 11) is -3.50. The third-order valence-electron chi connectivity index (χ3n) is 5.05. The highest BCUT2D eigenvalue weighted by molar-refractivity contribution is 14.1. The lowest BCUT2D eigenvalue weighted by molar-refractivity contribution is -0.127. The van der Waals surface area contributed by atoms with E-state index in [1.807, 2.05) is 11.1 Å². The van der Waals surface area contributed by atoms with E-state index in [-0.39, 0.29) is 11.8 Å². The largest absolute Gasteiger partial charge is 0.289 e. The molecule has 144 valence electrons. The number of halogens is 1. The van der Waals surface area contributed by atoms with Gasteiger partial charge < -0.3 is 0 Å². The number of carbonyl (C=O) groups is 1. The van der Waals surface area contributed by atoms with Crippen molar-refractivity contribution >= 4 is 38.5 Å². The highest BCUT2D eigenvalue weighted by atomic mass is 127. The summed E-state index contributed by atoms with van der Waals surface area (Å²) in [4.78, 5) is 12.7. The summed E-state index contributed by atoms with van der Waals surface area (Å²) >= 11 is 2.06. The zero-order valence-electron chi connectivity index (χ0n) is 14.9. The van der Waals surface area contributed by atoms with Crippen molar-refractivity contribution in [2.24, 2.45) is 5.92 Å². The number of carbonyl (C=O) groups excluding carboxylic acids is 1. The molecule has 1 aromatic carbocycles. The second-order valence-electron chi connectivity index (χ2n) is 7.09. The zero-order valence-corrected chi connectivity index (χ0v) is 17.8. The van der Waals surface area contributed by atoms with Gasteiger partial charge in [0.25, 0.3) is 0 Å². The molecule has 0 bridgehead atoms. The molecule has 1 amide bonds. The van der Waals surface area contributed by atoms with E-state index in [4.69, 9.17) is 0 Å². The molecular formula is C18H26IN3O3S. The lowest BCUT2D eigenvalue weighted by atomic mass is 9.96. The Kier molecular flexibility index (Phi) is 6.92. The van der Waals surface area contributed by atoms with Gasteiger partial charge in [-0.05, 0) is 66.3 Å². The standard InChI is InChI=1S/C18H26IN3O3S/c19-16-8-2-3-9-17(16)26(24,25)22-12-6-7-15(14-22)13-18(23)20-21-10-4-1-5-11-21/h2-3,8-9,15H,1,4-7,10-14H2,(H,20,23). The number of hydrazine groups is 1. The lowest BCUT2D eigenvalue weighted by Crippen LogP contribution is -2.47. The summed E-state index contributed by atoms with van der Waals surface area (Å²) in [5.74, 6) is 0.0788. The van der Waals surface area contributed by atoms with Gasteiger partial charge in [0, 0.05) is 36.2 Å². The van der Waals surface area contributed by atoms with Crippen LogP contribution in [0.5, 0.6) is 0 Å². The van der Waals surface area contributed by atoms with Crippen molar-refractivity contribution in [3.8, 4) is 0 Å². The van der Waals surface area contributed by atoms with Crippen LogP contribution in [0.3, 0.4) is 0 Å². The molecule has 8 heteroatoms. The number of rotatable bonds is 5. The van der Waals surface area contributed by atoms with E-state index in [1.54, 1.807) is 22.5 Å². The van der Waals surface area contributed by atoms with Gasteiger partial charge in [0.05, 0.1) is 4.90 Å². The minimum atomic E-state index is -3.50. The van der Waals surface area contributed by atoms with Crippen LogP contribution < -0.4 is 5.43 Å². The maximum Gasteiger partial charge on any atom is 0.244 e. The summed E-state index contributed by atoms with van der Waals surface area (Å²) in [5, 5.41) is 2.00. The molecule has 1 N–H and O–H groups in total.